The van der Waals surface area contributed by atoms with E-state index in [-0.39, 0.29) is 19.3 Å². The molecule has 0 saturated carbocycles. The number of carbonyl (C=O) groups excluding carboxylic acids is 1. The Morgan fingerprint density at radius 3 is 2.92 bits per heavy atom. The molecule has 1 N–H and O–H groups in total. The third-order valence-electron chi connectivity index (χ3n) is 3.30. The molecule has 0 radical (unpaired) electrons. The van der Waals surface area contributed by atoms with Crippen LogP contribution in [0.5, 0.6) is 17.2 Å². The van der Waals surface area contributed by atoms with E-state index in [1.807, 2.05) is 30.3 Å². The summed E-state index contributed by atoms with van der Waals surface area (Å²) in [6.45, 7) is 1.90. The first-order valence-electron chi connectivity index (χ1n) is 7.23. The second-order valence-electron chi connectivity index (χ2n) is 5.05. The van der Waals surface area contributed by atoms with E-state index in [0.717, 1.165) is 10.0 Å². The van der Waals surface area contributed by atoms with E-state index < -0.39 is 0 Å². The standard InChI is InChI=1S/C17H15BrN2O4/c1-11(12-5-6-15-16(7-12)24-10-23-15)19-20-17(21)9-22-14-4-2-3-13(18)8-14/h2-8H,9-10H2,1H3,(H,20,21)/b19-11-. The zero-order chi connectivity index (χ0) is 16.9. The molecule has 0 saturated heterocycles. The Labute approximate surface area is 147 Å². The molecule has 6 nitrogen and oxygen atoms in total. The zero-order valence-corrected chi connectivity index (χ0v) is 14.5. The monoisotopic (exact) mass is 390 g/mol. The van der Waals surface area contributed by atoms with Crippen LogP contribution in [0.15, 0.2) is 52.0 Å². The van der Waals surface area contributed by atoms with Gasteiger partial charge in [-0.15, -0.1) is 0 Å². The smallest absolute Gasteiger partial charge is 0.277 e. The van der Waals surface area contributed by atoms with Gasteiger partial charge in [0.1, 0.15) is 5.75 Å². The van der Waals surface area contributed by atoms with Crippen molar-refractivity contribution in [2.24, 2.45) is 5.10 Å². The molecule has 24 heavy (non-hydrogen) atoms. The SMILES string of the molecule is C/C(=N/NC(=O)COc1cccc(Br)c1)c1ccc2c(c1)OCO2. The summed E-state index contributed by atoms with van der Waals surface area (Å²) in [4.78, 5) is 11.8. The fraction of sp³-hybridized carbons (Fsp3) is 0.176. The number of hydrazone groups is 1. The van der Waals surface area contributed by atoms with Crippen molar-refractivity contribution in [3.05, 3.63) is 52.5 Å². The lowest BCUT2D eigenvalue weighted by molar-refractivity contribution is -0.123. The molecule has 0 aromatic heterocycles. The molecular formula is C17H15BrN2O4. The topological polar surface area (TPSA) is 69.2 Å². The van der Waals surface area contributed by atoms with Gasteiger partial charge >= 0.3 is 0 Å². The summed E-state index contributed by atoms with van der Waals surface area (Å²) < 4.78 is 16.9. The minimum Gasteiger partial charge on any atom is -0.484 e. The molecule has 0 unspecified atom stereocenters. The number of carbonyl (C=O) groups is 1. The first kappa shape index (κ1) is 16.3. The summed E-state index contributed by atoms with van der Waals surface area (Å²) in [5.41, 5.74) is 3.97. The molecule has 1 heterocycles. The van der Waals surface area contributed by atoms with Crippen LogP contribution in [0.4, 0.5) is 0 Å². The second-order valence-corrected chi connectivity index (χ2v) is 5.96. The second kappa shape index (κ2) is 7.35. The van der Waals surface area contributed by atoms with Gasteiger partial charge in [-0.1, -0.05) is 22.0 Å². The van der Waals surface area contributed by atoms with Crippen molar-refractivity contribution in [1.29, 1.82) is 0 Å². The molecular weight excluding hydrogens is 376 g/mol. The predicted octanol–water partition coefficient (Wildman–Crippen LogP) is 3.10. The third kappa shape index (κ3) is 4.05. The third-order valence-corrected chi connectivity index (χ3v) is 3.80. The van der Waals surface area contributed by atoms with Gasteiger partial charge in [-0.3, -0.25) is 4.79 Å². The van der Waals surface area contributed by atoms with Gasteiger partial charge in [0.2, 0.25) is 6.79 Å². The van der Waals surface area contributed by atoms with Crippen LogP contribution in [0.2, 0.25) is 0 Å². The van der Waals surface area contributed by atoms with Crippen molar-refractivity contribution >= 4 is 27.5 Å². The summed E-state index contributed by atoms with van der Waals surface area (Å²) >= 11 is 3.34. The van der Waals surface area contributed by atoms with Gasteiger partial charge in [0.15, 0.2) is 18.1 Å². The molecule has 0 aliphatic carbocycles. The quantitative estimate of drug-likeness (QED) is 0.628. The highest BCUT2D eigenvalue weighted by molar-refractivity contribution is 9.10. The van der Waals surface area contributed by atoms with E-state index in [1.165, 1.54) is 0 Å². The molecule has 0 spiro atoms. The zero-order valence-electron chi connectivity index (χ0n) is 12.9. The van der Waals surface area contributed by atoms with E-state index in [1.54, 1.807) is 19.1 Å². The maximum absolute atomic E-state index is 11.8. The maximum atomic E-state index is 11.8. The van der Waals surface area contributed by atoms with Crippen molar-refractivity contribution in [2.45, 2.75) is 6.92 Å². The number of nitrogens with one attached hydrogen (secondary N) is 1. The Hall–Kier alpha value is -2.54. The average molecular weight is 391 g/mol. The number of rotatable bonds is 5. The molecule has 1 aliphatic heterocycles. The van der Waals surface area contributed by atoms with Crippen molar-refractivity contribution < 1.29 is 19.0 Å². The van der Waals surface area contributed by atoms with Crippen LogP contribution in [0, 0.1) is 0 Å². The fourth-order valence-electron chi connectivity index (χ4n) is 2.07. The average Bonchev–Trinajstić information content (AvgIpc) is 3.05. The molecule has 2 aromatic carbocycles. The number of hydrogen-bond acceptors (Lipinski definition) is 5. The highest BCUT2D eigenvalue weighted by atomic mass is 79.9. The molecule has 2 aromatic rings. The Balaban J connectivity index is 1.55. The fourth-order valence-corrected chi connectivity index (χ4v) is 2.45. The summed E-state index contributed by atoms with van der Waals surface area (Å²) in [7, 11) is 0. The van der Waals surface area contributed by atoms with Crippen LogP contribution in [-0.2, 0) is 4.79 Å². The summed E-state index contributed by atoms with van der Waals surface area (Å²) in [6, 6.07) is 12.8. The molecule has 0 atom stereocenters. The van der Waals surface area contributed by atoms with Crippen LogP contribution >= 0.6 is 15.9 Å². The Kier molecular flexibility index (Phi) is 5.00. The summed E-state index contributed by atoms with van der Waals surface area (Å²) in [5, 5.41) is 4.08. The van der Waals surface area contributed by atoms with Crippen molar-refractivity contribution in [3.8, 4) is 17.2 Å². The van der Waals surface area contributed by atoms with Crippen LogP contribution < -0.4 is 19.6 Å². The normalized spacial score (nSPS) is 12.8. The largest absolute Gasteiger partial charge is 0.484 e. The van der Waals surface area contributed by atoms with Crippen LogP contribution in [0.25, 0.3) is 0 Å². The van der Waals surface area contributed by atoms with Crippen molar-refractivity contribution in [3.63, 3.8) is 0 Å². The highest BCUT2D eigenvalue weighted by Crippen LogP contribution is 2.32. The van der Waals surface area contributed by atoms with Crippen molar-refractivity contribution in [1.82, 2.24) is 5.43 Å². The van der Waals surface area contributed by atoms with Crippen molar-refractivity contribution in [2.75, 3.05) is 13.4 Å². The number of amides is 1. The number of ether oxygens (including phenoxy) is 3. The van der Waals surface area contributed by atoms with E-state index in [2.05, 4.69) is 26.5 Å². The van der Waals surface area contributed by atoms with Crippen LogP contribution in [0.1, 0.15) is 12.5 Å². The molecule has 7 heteroatoms. The van der Waals surface area contributed by atoms with Gasteiger partial charge in [-0.25, -0.2) is 5.43 Å². The molecule has 1 aliphatic rings. The van der Waals surface area contributed by atoms with E-state index in [9.17, 15) is 4.79 Å². The minimum atomic E-state index is -0.338. The van der Waals surface area contributed by atoms with Crippen LogP contribution in [-0.4, -0.2) is 25.0 Å². The Bertz CT molecular complexity index is 792. The lowest BCUT2D eigenvalue weighted by atomic mass is 10.1. The van der Waals surface area contributed by atoms with Gasteiger partial charge in [0.25, 0.3) is 5.91 Å². The van der Waals surface area contributed by atoms with Gasteiger partial charge in [0.05, 0.1) is 5.71 Å². The predicted molar refractivity (Wildman–Crippen MR) is 92.6 cm³/mol. The van der Waals surface area contributed by atoms with E-state index in [4.69, 9.17) is 14.2 Å². The molecule has 0 bridgehead atoms. The van der Waals surface area contributed by atoms with Gasteiger partial charge < -0.3 is 14.2 Å². The molecule has 0 fully saturated rings. The first-order valence-corrected chi connectivity index (χ1v) is 8.02. The maximum Gasteiger partial charge on any atom is 0.277 e. The minimum absolute atomic E-state index is 0.117. The summed E-state index contributed by atoms with van der Waals surface area (Å²) in [6.07, 6.45) is 0. The highest BCUT2D eigenvalue weighted by Gasteiger charge is 2.14. The van der Waals surface area contributed by atoms with Gasteiger partial charge in [0, 0.05) is 10.0 Å². The van der Waals surface area contributed by atoms with E-state index >= 15 is 0 Å². The first-order chi connectivity index (χ1) is 11.6. The Morgan fingerprint density at radius 2 is 2.08 bits per heavy atom. The lowest BCUT2D eigenvalue weighted by Crippen LogP contribution is -2.25. The van der Waals surface area contributed by atoms with Crippen LogP contribution in [0.3, 0.4) is 0 Å². The molecule has 124 valence electrons. The van der Waals surface area contributed by atoms with E-state index in [0.29, 0.717) is 23.0 Å². The molecule has 1 amide bonds. The number of nitrogens with zero attached hydrogens (tertiary/aromatic N) is 1. The summed E-state index contributed by atoms with van der Waals surface area (Å²) in [5.74, 6) is 1.65. The number of halogens is 1. The van der Waals surface area contributed by atoms with Gasteiger partial charge in [-0.05, 0) is 43.3 Å². The number of hydrogen-bond donors (Lipinski definition) is 1. The van der Waals surface area contributed by atoms with Gasteiger partial charge in [-0.2, -0.15) is 5.10 Å². The lowest BCUT2D eigenvalue weighted by Gasteiger charge is -2.06. The molecule has 3 rings (SSSR count). The number of benzene rings is 2. The number of fused-ring (bicyclic) bond motifs is 1. The Morgan fingerprint density at radius 1 is 1.25 bits per heavy atom.